The van der Waals surface area contributed by atoms with Gasteiger partial charge in [0.05, 0.1) is 6.61 Å². The topological polar surface area (TPSA) is 46.5 Å². The molecule has 0 saturated heterocycles. The minimum Gasteiger partial charge on any atom is -0.481 e. The van der Waals surface area contributed by atoms with Gasteiger partial charge in [-0.05, 0) is 18.4 Å². The second-order valence-corrected chi connectivity index (χ2v) is 4.56. The molecule has 0 saturated carbocycles. The number of carboxylic acids is 1. The van der Waals surface area contributed by atoms with E-state index in [4.69, 9.17) is 4.74 Å². The van der Waals surface area contributed by atoms with E-state index in [2.05, 4.69) is 0 Å². The highest BCUT2D eigenvalue weighted by Gasteiger charge is 2.39. The fourth-order valence-electron chi connectivity index (χ4n) is 2.17. The number of benzene rings is 1. The Kier molecular flexibility index (Phi) is 5.86. The molecule has 0 fully saturated rings. The highest BCUT2D eigenvalue weighted by molar-refractivity contribution is 5.81. The molecule has 0 aliphatic rings. The molecule has 0 radical (unpaired) electrons. The van der Waals surface area contributed by atoms with Crippen molar-refractivity contribution in [3.05, 3.63) is 35.9 Å². The van der Waals surface area contributed by atoms with E-state index >= 15 is 0 Å². The average Bonchev–Trinajstić information content (AvgIpc) is 2.38. The van der Waals surface area contributed by atoms with Gasteiger partial charge in [0.1, 0.15) is 5.41 Å². The molecule has 1 rings (SSSR count). The van der Waals surface area contributed by atoms with Crippen molar-refractivity contribution in [2.24, 2.45) is 0 Å². The zero-order valence-corrected chi connectivity index (χ0v) is 11.2. The number of carboxylic acid groups (broad SMARTS) is 1. The summed E-state index contributed by atoms with van der Waals surface area (Å²) in [5.41, 5.74) is -0.0824. The summed E-state index contributed by atoms with van der Waals surface area (Å²) in [5.74, 6) is -0.799. The molecule has 1 aromatic carbocycles. The number of hydrogen-bond donors (Lipinski definition) is 1. The van der Waals surface area contributed by atoms with Crippen LogP contribution in [-0.2, 0) is 14.9 Å². The fourth-order valence-corrected chi connectivity index (χ4v) is 2.17. The maximum absolute atomic E-state index is 11.7. The molecular formula is C15H22O3. The third-order valence-electron chi connectivity index (χ3n) is 3.11. The van der Waals surface area contributed by atoms with Crippen LogP contribution < -0.4 is 0 Å². The van der Waals surface area contributed by atoms with Crippen LogP contribution >= 0.6 is 0 Å². The lowest BCUT2D eigenvalue weighted by Gasteiger charge is -2.29. The summed E-state index contributed by atoms with van der Waals surface area (Å²) in [6.07, 6.45) is 2.31. The molecule has 0 aliphatic heterocycles. The van der Waals surface area contributed by atoms with Crippen molar-refractivity contribution in [1.29, 1.82) is 0 Å². The monoisotopic (exact) mass is 250 g/mol. The fraction of sp³-hybridized carbons (Fsp3) is 0.533. The second-order valence-electron chi connectivity index (χ2n) is 4.56. The molecule has 0 spiro atoms. The van der Waals surface area contributed by atoms with Gasteiger partial charge < -0.3 is 9.84 Å². The van der Waals surface area contributed by atoms with Gasteiger partial charge in [-0.2, -0.15) is 0 Å². The number of aliphatic carboxylic acids is 1. The first kappa shape index (κ1) is 14.7. The van der Waals surface area contributed by atoms with Crippen LogP contribution in [-0.4, -0.2) is 24.3 Å². The summed E-state index contributed by atoms with van der Waals surface area (Å²) in [6.45, 7) is 4.87. The van der Waals surface area contributed by atoms with Crippen molar-refractivity contribution < 1.29 is 14.6 Å². The van der Waals surface area contributed by atoms with Crippen molar-refractivity contribution in [2.75, 3.05) is 13.2 Å². The van der Waals surface area contributed by atoms with Gasteiger partial charge in [0.15, 0.2) is 0 Å². The van der Waals surface area contributed by atoms with Crippen LogP contribution in [0.2, 0.25) is 0 Å². The third-order valence-corrected chi connectivity index (χ3v) is 3.11. The molecule has 100 valence electrons. The van der Waals surface area contributed by atoms with E-state index in [-0.39, 0.29) is 6.61 Å². The molecule has 1 N–H and O–H groups in total. The SMILES string of the molecule is CCCOCC(CCC)(C(=O)O)c1ccccc1. The van der Waals surface area contributed by atoms with E-state index < -0.39 is 11.4 Å². The predicted octanol–water partition coefficient (Wildman–Crippen LogP) is 3.24. The largest absolute Gasteiger partial charge is 0.481 e. The number of rotatable bonds is 8. The van der Waals surface area contributed by atoms with Gasteiger partial charge in [0.2, 0.25) is 0 Å². The number of carbonyl (C=O) groups is 1. The Hall–Kier alpha value is -1.35. The van der Waals surface area contributed by atoms with Crippen LogP contribution in [0.25, 0.3) is 0 Å². The van der Waals surface area contributed by atoms with Crippen molar-refractivity contribution in [3.8, 4) is 0 Å². The Morgan fingerprint density at radius 3 is 2.39 bits per heavy atom. The van der Waals surface area contributed by atoms with Gasteiger partial charge >= 0.3 is 5.97 Å². The normalized spacial score (nSPS) is 14.1. The zero-order chi connectivity index (χ0) is 13.4. The highest BCUT2D eigenvalue weighted by Crippen LogP contribution is 2.30. The van der Waals surface area contributed by atoms with E-state index in [0.717, 1.165) is 18.4 Å². The summed E-state index contributed by atoms with van der Waals surface area (Å²) in [6, 6.07) is 9.40. The molecule has 1 unspecified atom stereocenters. The quantitative estimate of drug-likeness (QED) is 0.720. The maximum Gasteiger partial charge on any atom is 0.316 e. The van der Waals surface area contributed by atoms with E-state index in [0.29, 0.717) is 13.0 Å². The highest BCUT2D eigenvalue weighted by atomic mass is 16.5. The lowest BCUT2D eigenvalue weighted by Crippen LogP contribution is -2.40. The molecule has 0 bridgehead atoms. The Bertz CT molecular complexity index is 361. The average molecular weight is 250 g/mol. The van der Waals surface area contributed by atoms with Gasteiger partial charge in [-0.15, -0.1) is 0 Å². The van der Waals surface area contributed by atoms with E-state index in [1.165, 1.54) is 0 Å². The second kappa shape index (κ2) is 7.17. The van der Waals surface area contributed by atoms with Crippen LogP contribution in [0.3, 0.4) is 0 Å². The number of ether oxygens (including phenoxy) is 1. The van der Waals surface area contributed by atoms with Gasteiger partial charge in [-0.25, -0.2) is 0 Å². The minimum absolute atomic E-state index is 0.244. The van der Waals surface area contributed by atoms with Gasteiger partial charge in [-0.1, -0.05) is 50.6 Å². The van der Waals surface area contributed by atoms with Gasteiger partial charge in [-0.3, -0.25) is 4.79 Å². The van der Waals surface area contributed by atoms with E-state index in [1.54, 1.807) is 0 Å². The molecule has 0 amide bonds. The molecule has 3 nitrogen and oxygen atoms in total. The maximum atomic E-state index is 11.7. The molecule has 1 aromatic rings. The Morgan fingerprint density at radius 1 is 1.22 bits per heavy atom. The Balaban J connectivity index is 3.01. The van der Waals surface area contributed by atoms with Crippen molar-refractivity contribution in [3.63, 3.8) is 0 Å². The molecule has 3 heteroatoms. The first-order valence-corrected chi connectivity index (χ1v) is 6.54. The summed E-state index contributed by atoms with van der Waals surface area (Å²) in [4.78, 5) is 11.7. The zero-order valence-electron chi connectivity index (χ0n) is 11.2. The third kappa shape index (κ3) is 3.33. The van der Waals surface area contributed by atoms with Crippen LogP contribution in [0.4, 0.5) is 0 Å². The van der Waals surface area contributed by atoms with Crippen LogP contribution in [0.1, 0.15) is 38.7 Å². The van der Waals surface area contributed by atoms with Crippen molar-refractivity contribution in [2.45, 2.75) is 38.5 Å². The summed E-state index contributed by atoms with van der Waals surface area (Å²) < 4.78 is 5.54. The van der Waals surface area contributed by atoms with Gasteiger partial charge in [0.25, 0.3) is 0 Å². The Morgan fingerprint density at radius 2 is 1.89 bits per heavy atom. The summed E-state index contributed by atoms with van der Waals surface area (Å²) in [7, 11) is 0. The lowest BCUT2D eigenvalue weighted by molar-refractivity contribution is -0.147. The molecular weight excluding hydrogens is 228 g/mol. The molecule has 1 atom stereocenters. The lowest BCUT2D eigenvalue weighted by atomic mass is 9.77. The van der Waals surface area contributed by atoms with E-state index in [9.17, 15) is 9.90 Å². The van der Waals surface area contributed by atoms with E-state index in [1.807, 2.05) is 44.2 Å². The van der Waals surface area contributed by atoms with Crippen molar-refractivity contribution >= 4 is 5.97 Å². The molecule has 0 aromatic heterocycles. The number of hydrogen-bond acceptors (Lipinski definition) is 2. The standard InChI is InChI=1S/C15H22O3/c1-3-10-15(14(16)17,12-18-11-4-2)13-8-6-5-7-9-13/h5-9H,3-4,10-12H2,1-2H3,(H,16,17). The minimum atomic E-state index is -0.912. The summed E-state index contributed by atoms with van der Waals surface area (Å²) >= 11 is 0. The molecule has 0 aliphatic carbocycles. The molecule has 18 heavy (non-hydrogen) atoms. The smallest absolute Gasteiger partial charge is 0.316 e. The summed E-state index contributed by atoms with van der Waals surface area (Å²) in [5, 5.41) is 9.63. The van der Waals surface area contributed by atoms with Crippen LogP contribution in [0.15, 0.2) is 30.3 Å². The first-order valence-electron chi connectivity index (χ1n) is 6.54. The van der Waals surface area contributed by atoms with Crippen molar-refractivity contribution in [1.82, 2.24) is 0 Å². The molecule has 0 heterocycles. The predicted molar refractivity (Wildman–Crippen MR) is 71.8 cm³/mol. The van der Waals surface area contributed by atoms with Crippen LogP contribution in [0.5, 0.6) is 0 Å². The first-order chi connectivity index (χ1) is 8.67. The van der Waals surface area contributed by atoms with Gasteiger partial charge in [0, 0.05) is 6.61 Å². The Labute approximate surface area is 109 Å². The van der Waals surface area contributed by atoms with Crippen LogP contribution in [0, 0.1) is 0 Å².